The summed E-state index contributed by atoms with van der Waals surface area (Å²) in [5, 5.41) is 9.33. The molecule has 3 N–H and O–H groups in total. The summed E-state index contributed by atoms with van der Waals surface area (Å²) in [4.78, 5) is 38.7. The van der Waals surface area contributed by atoms with Crippen LogP contribution >= 0.6 is 11.6 Å². The SMILES string of the molecule is CNC(=O)c1ccccc1Nc1nc(Nc2cc3c(cc2OC)CC(=O)N(CCCN2CCOCC2)CC3)ncc1Cl. The number of fused-ring (bicyclic) bond motifs is 1. The predicted molar refractivity (Wildman–Crippen MR) is 162 cm³/mol. The number of aromatic nitrogens is 2. The van der Waals surface area contributed by atoms with E-state index in [1.54, 1.807) is 32.4 Å². The molecule has 2 aromatic carbocycles. The highest BCUT2D eigenvalue weighted by Crippen LogP contribution is 2.33. The third kappa shape index (κ3) is 7.10. The van der Waals surface area contributed by atoms with Crippen LogP contribution in [-0.4, -0.2) is 91.7 Å². The fourth-order valence-electron chi connectivity index (χ4n) is 5.22. The normalized spacial score (nSPS) is 15.5. The first-order valence-corrected chi connectivity index (χ1v) is 14.5. The average Bonchev–Trinajstić information content (AvgIpc) is 3.16. The van der Waals surface area contributed by atoms with Crippen LogP contribution in [0, 0.1) is 0 Å². The van der Waals surface area contributed by atoms with E-state index in [1.807, 2.05) is 23.1 Å². The number of ether oxygens (including phenoxy) is 2. The Hall–Kier alpha value is -3.93. The lowest BCUT2D eigenvalue weighted by atomic mass is 10.0. The smallest absolute Gasteiger partial charge is 0.253 e. The molecule has 0 bridgehead atoms. The summed E-state index contributed by atoms with van der Waals surface area (Å²) in [5.74, 6) is 1.13. The van der Waals surface area contributed by atoms with E-state index < -0.39 is 0 Å². The highest BCUT2D eigenvalue weighted by Gasteiger charge is 2.23. The van der Waals surface area contributed by atoms with Crippen molar-refractivity contribution in [3.05, 3.63) is 64.3 Å². The standard InChI is InChI=1S/C30H36ClN7O4/c1-32-29(40)22-6-3-4-7-24(22)34-28-23(31)19-33-30(36-28)35-25-16-20-8-11-38(10-5-9-37-12-14-42-15-13-37)27(39)18-21(20)17-26(25)41-2/h3-4,6-7,16-17,19H,5,8-15,18H2,1-2H3,(H,32,40)(H2,33,34,35,36). The highest BCUT2D eigenvalue weighted by atomic mass is 35.5. The number of carbonyl (C=O) groups is 2. The van der Waals surface area contributed by atoms with Gasteiger partial charge in [0.1, 0.15) is 10.8 Å². The first kappa shape index (κ1) is 29.6. The zero-order valence-corrected chi connectivity index (χ0v) is 24.7. The van der Waals surface area contributed by atoms with Gasteiger partial charge in [0.15, 0.2) is 5.82 Å². The molecule has 2 amide bonds. The van der Waals surface area contributed by atoms with Crippen LogP contribution in [0.4, 0.5) is 23.1 Å². The van der Waals surface area contributed by atoms with Gasteiger partial charge in [-0.2, -0.15) is 4.98 Å². The molecule has 0 atom stereocenters. The molecular formula is C30H36ClN7O4. The molecule has 5 rings (SSSR count). The second-order valence-electron chi connectivity index (χ2n) is 10.2. The minimum atomic E-state index is -0.231. The van der Waals surface area contributed by atoms with Gasteiger partial charge < -0.3 is 30.3 Å². The van der Waals surface area contributed by atoms with E-state index in [0.29, 0.717) is 52.4 Å². The molecule has 11 nitrogen and oxygen atoms in total. The summed E-state index contributed by atoms with van der Waals surface area (Å²) in [7, 11) is 3.17. The molecule has 3 aromatic rings. The number of hydrogen-bond donors (Lipinski definition) is 3. The van der Waals surface area contributed by atoms with Gasteiger partial charge in [-0.15, -0.1) is 0 Å². The monoisotopic (exact) mass is 593 g/mol. The maximum Gasteiger partial charge on any atom is 0.253 e. The van der Waals surface area contributed by atoms with Gasteiger partial charge in [0, 0.05) is 39.8 Å². The van der Waals surface area contributed by atoms with Crippen LogP contribution in [0.5, 0.6) is 5.75 Å². The molecule has 2 aliphatic rings. The van der Waals surface area contributed by atoms with Crippen molar-refractivity contribution in [3.8, 4) is 5.75 Å². The van der Waals surface area contributed by atoms with Crippen LogP contribution in [0.1, 0.15) is 27.9 Å². The summed E-state index contributed by atoms with van der Waals surface area (Å²) >= 11 is 6.41. The summed E-state index contributed by atoms with van der Waals surface area (Å²) in [6.45, 7) is 5.83. The lowest BCUT2D eigenvalue weighted by Crippen LogP contribution is -2.39. The van der Waals surface area contributed by atoms with Gasteiger partial charge in [0.05, 0.1) is 49.9 Å². The number of amides is 2. The molecule has 42 heavy (non-hydrogen) atoms. The lowest BCUT2D eigenvalue weighted by Gasteiger charge is -2.28. The first-order valence-electron chi connectivity index (χ1n) is 14.1. The van der Waals surface area contributed by atoms with Gasteiger partial charge >= 0.3 is 0 Å². The van der Waals surface area contributed by atoms with E-state index in [4.69, 9.17) is 21.1 Å². The minimum absolute atomic E-state index is 0.132. The Kier molecular flexibility index (Phi) is 9.73. The number of morpholine rings is 1. The first-order chi connectivity index (χ1) is 20.4. The fraction of sp³-hybridized carbons (Fsp3) is 0.400. The summed E-state index contributed by atoms with van der Waals surface area (Å²) in [6.07, 6.45) is 3.50. The van der Waals surface area contributed by atoms with Crippen molar-refractivity contribution in [2.24, 2.45) is 0 Å². The van der Waals surface area contributed by atoms with E-state index in [0.717, 1.165) is 63.4 Å². The van der Waals surface area contributed by atoms with Crippen molar-refractivity contribution >= 4 is 46.6 Å². The van der Waals surface area contributed by atoms with Crippen molar-refractivity contribution < 1.29 is 19.1 Å². The second-order valence-corrected chi connectivity index (χ2v) is 10.6. The summed E-state index contributed by atoms with van der Waals surface area (Å²) in [5.41, 5.74) is 3.74. The molecule has 3 heterocycles. The number of hydrogen-bond acceptors (Lipinski definition) is 9. The maximum atomic E-state index is 13.1. The Morgan fingerprint density at radius 1 is 1.07 bits per heavy atom. The van der Waals surface area contributed by atoms with Crippen molar-refractivity contribution in [1.29, 1.82) is 0 Å². The molecule has 12 heteroatoms. The number of benzene rings is 2. The van der Waals surface area contributed by atoms with Crippen molar-refractivity contribution in [2.75, 3.05) is 70.7 Å². The van der Waals surface area contributed by atoms with Gasteiger partial charge in [-0.3, -0.25) is 14.5 Å². The molecule has 1 aromatic heterocycles. The van der Waals surface area contributed by atoms with Crippen molar-refractivity contribution in [2.45, 2.75) is 19.3 Å². The molecule has 0 spiro atoms. The zero-order chi connectivity index (χ0) is 29.5. The third-order valence-electron chi connectivity index (χ3n) is 7.52. The number of nitrogens with one attached hydrogen (secondary N) is 3. The Labute approximate surface area is 250 Å². The van der Waals surface area contributed by atoms with Crippen molar-refractivity contribution in [3.63, 3.8) is 0 Å². The Balaban J connectivity index is 1.29. The predicted octanol–water partition coefficient (Wildman–Crippen LogP) is 3.63. The molecule has 0 saturated carbocycles. The third-order valence-corrected chi connectivity index (χ3v) is 7.79. The molecule has 2 aliphatic heterocycles. The maximum absolute atomic E-state index is 13.1. The molecule has 0 aliphatic carbocycles. The van der Waals surface area contributed by atoms with Gasteiger partial charge in [-0.25, -0.2) is 4.98 Å². The van der Waals surface area contributed by atoms with E-state index in [9.17, 15) is 9.59 Å². The number of carbonyl (C=O) groups excluding carboxylic acids is 2. The zero-order valence-electron chi connectivity index (χ0n) is 23.9. The van der Waals surface area contributed by atoms with Gasteiger partial charge in [0.25, 0.3) is 5.91 Å². The van der Waals surface area contributed by atoms with Crippen LogP contribution in [0.15, 0.2) is 42.6 Å². The highest BCUT2D eigenvalue weighted by molar-refractivity contribution is 6.33. The van der Waals surface area contributed by atoms with Gasteiger partial charge in [-0.05, 0) is 48.2 Å². The largest absolute Gasteiger partial charge is 0.495 e. The Morgan fingerprint density at radius 3 is 2.67 bits per heavy atom. The molecule has 0 radical (unpaired) electrons. The van der Waals surface area contributed by atoms with Crippen LogP contribution in [-0.2, 0) is 22.4 Å². The summed E-state index contributed by atoms with van der Waals surface area (Å²) in [6, 6.07) is 11.0. The average molecular weight is 594 g/mol. The second kappa shape index (κ2) is 13.8. The quantitative estimate of drug-likeness (QED) is 0.323. The number of methoxy groups -OCH3 is 1. The Morgan fingerprint density at radius 2 is 1.88 bits per heavy atom. The number of nitrogens with zero attached hydrogens (tertiary/aromatic N) is 4. The van der Waals surface area contributed by atoms with Crippen LogP contribution < -0.4 is 20.7 Å². The molecular weight excluding hydrogens is 558 g/mol. The summed E-state index contributed by atoms with van der Waals surface area (Å²) < 4.78 is 11.1. The van der Waals surface area contributed by atoms with Crippen molar-refractivity contribution in [1.82, 2.24) is 25.1 Å². The Bertz CT molecular complexity index is 1430. The van der Waals surface area contributed by atoms with Crippen LogP contribution in [0.25, 0.3) is 0 Å². The minimum Gasteiger partial charge on any atom is -0.495 e. The van der Waals surface area contributed by atoms with E-state index in [2.05, 4.69) is 30.8 Å². The molecule has 0 unspecified atom stereocenters. The topological polar surface area (TPSA) is 121 Å². The van der Waals surface area contributed by atoms with Crippen LogP contribution in [0.3, 0.4) is 0 Å². The van der Waals surface area contributed by atoms with Gasteiger partial charge in [-0.1, -0.05) is 23.7 Å². The molecule has 1 fully saturated rings. The molecule has 222 valence electrons. The number of halogens is 1. The van der Waals surface area contributed by atoms with Crippen LogP contribution in [0.2, 0.25) is 5.02 Å². The van der Waals surface area contributed by atoms with E-state index >= 15 is 0 Å². The number of para-hydroxylation sites is 1. The van der Waals surface area contributed by atoms with E-state index in [-0.39, 0.29) is 11.8 Å². The number of rotatable bonds is 10. The number of anilines is 4. The van der Waals surface area contributed by atoms with E-state index in [1.165, 1.54) is 6.20 Å². The fourth-order valence-corrected chi connectivity index (χ4v) is 5.36. The van der Waals surface area contributed by atoms with Gasteiger partial charge in [0.2, 0.25) is 11.9 Å². The lowest BCUT2D eigenvalue weighted by molar-refractivity contribution is -0.130. The molecule has 1 saturated heterocycles.